The van der Waals surface area contributed by atoms with Crippen LogP contribution in [0.1, 0.15) is 12.8 Å². The zero-order valence-electron chi connectivity index (χ0n) is 4.28. The van der Waals surface area contributed by atoms with Crippen LogP contribution in [0.15, 0.2) is 20.7 Å². The van der Waals surface area contributed by atoms with Crippen LogP contribution in [0.5, 0.6) is 0 Å². The molecule has 0 aromatic rings. The van der Waals surface area contributed by atoms with Gasteiger partial charge in [0, 0.05) is 5.92 Å². The highest BCUT2D eigenvalue weighted by Crippen LogP contribution is 2.41. The van der Waals surface area contributed by atoms with Crippen molar-refractivity contribution >= 4 is 0 Å². The van der Waals surface area contributed by atoms with Crippen molar-refractivity contribution in [3.8, 4) is 0 Å². The van der Waals surface area contributed by atoms with Gasteiger partial charge in [0.1, 0.15) is 0 Å². The Balaban J connectivity index is 2.06. The highest BCUT2D eigenvalue weighted by atomic mass is 15.6. The Morgan fingerprint density at radius 1 is 1.12 bits per heavy atom. The van der Waals surface area contributed by atoms with E-state index in [2.05, 4.69) is 20.7 Å². The van der Waals surface area contributed by atoms with Gasteiger partial charge in [0.25, 0.3) is 0 Å². The first-order valence-corrected chi connectivity index (χ1v) is 2.65. The van der Waals surface area contributed by atoms with E-state index in [4.69, 9.17) is 0 Å². The van der Waals surface area contributed by atoms with Gasteiger partial charge in [-0.05, 0) is 23.3 Å². The monoisotopic (exact) mass is 109 g/mol. The van der Waals surface area contributed by atoms with Gasteiger partial charge in [0.15, 0.2) is 0 Å². The summed E-state index contributed by atoms with van der Waals surface area (Å²) in [5, 5.41) is 14.2. The summed E-state index contributed by atoms with van der Waals surface area (Å²) in [4.78, 5) is 0. The molecule has 1 radical (unpaired) electrons. The molecule has 0 N–H and O–H groups in total. The minimum absolute atomic E-state index is 0.588. The van der Waals surface area contributed by atoms with Gasteiger partial charge in [-0.15, -0.1) is 10.2 Å². The summed E-state index contributed by atoms with van der Waals surface area (Å²) in [5.41, 5.74) is 0. The van der Waals surface area contributed by atoms with Gasteiger partial charge < -0.3 is 0 Å². The van der Waals surface area contributed by atoms with E-state index in [9.17, 15) is 0 Å². The molecule has 0 amide bonds. The fourth-order valence-corrected chi connectivity index (χ4v) is 0.656. The smallest absolute Gasteiger partial charge is 0.129 e. The molecule has 1 aliphatic carbocycles. The molecule has 1 fully saturated rings. The number of rotatable bonds is 1. The van der Waals surface area contributed by atoms with Crippen molar-refractivity contribution in [2.75, 3.05) is 0 Å². The summed E-state index contributed by atoms with van der Waals surface area (Å²) in [7, 11) is 0. The fraction of sp³-hybridized carbons (Fsp3) is 0.750. The third-order valence-corrected chi connectivity index (χ3v) is 1.28. The second kappa shape index (κ2) is 1.34. The average Bonchev–Trinajstić information content (AvgIpc) is 2.49. The lowest BCUT2D eigenvalue weighted by Crippen LogP contribution is -1.84. The summed E-state index contributed by atoms with van der Waals surface area (Å²) in [6.07, 6.45) is 3.26. The second-order valence-corrected chi connectivity index (χ2v) is 2.01. The maximum atomic E-state index is 3.71. The zero-order chi connectivity index (χ0) is 5.40. The van der Waals surface area contributed by atoms with Crippen LogP contribution in [0.3, 0.4) is 0 Å². The lowest BCUT2D eigenvalue weighted by molar-refractivity contribution is 0.782. The summed E-state index contributed by atoms with van der Waals surface area (Å²) < 4.78 is 0. The molecule has 0 atom stereocenters. The summed E-state index contributed by atoms with van der Waals surface area (Å²) in [6.45, 7) is 0. The second-order valence-electron chi connectivity index (χ2n) is 2.01. The molecule has 1 aliphatic heterocycles. The maximum absolute atomic E-state index is 3.71. The Bertz CT molecular complexity index is 134. The van der Waals surface area contributed by atoms with E-state index in [0.717, 1.165) is 6.17 Å². The molecule has 1 heterocycles. The topological polar surface area (TPSA) is 49.4 Å². The van der Waals surface area contributed by atoms with Gasteiger partial charge in [0.2, 0.25) is 6.17 Å². The Labute approximate surface area is 46.7 Å². The van der Waals surface area contributed by atoms with E-state index in [1.54, 1.807) is 0 Å². The van der Waals surface area contributed by atoms with Gasteiger partial charge in [-0.3, -0.25) is 0 Å². The lowest BCUT2D eigenvalue weighted by Gasteiger charge is -1.87. The Hall–Kier alpha value is -0.800. The molecule has 0 unspecified atom stereocenters. The number of hydrogen-bond donors (Lipinski definition) is 0. The van der Waals surface area contributed by atoms with Crippen molar-refractivity contribution in [1.82, 2.24) is 0 Å². The zero-order valence-corrected chi connectivity index (χ0v) is 4.28. The normalized spacial score (nSPS) is 27.5. The fourth-order valence-electron chi connectivity index (χ4n) is 0.656. The molecule has 0 aromatic heterocycles. The molecule has 1 saturated carbocycles. The van der Waals surface area contributed by atoms with Crippen molar-refractivity contribution in [1.29, 1.82) is 0 Å². The lowest BCUT2D eigenvalue weighted by atomic mass is 10.4. The summed E-state index contributed by atoms with van der Waals surface area (Å²) >= 11 is 0. The molecule has 0 saturated heterocycles. The first kappa shape index (κ1) is 4.12. The molecule has 0 bridgehead atoms. The minimum atomic E-state index is 0.588. The minimum Gasteiger partial charge on any atom is -0.129 e. The van der Waals surface area contributed by atoms with Gasteiger partial charge >= 0.3 is 0 Å². The predicted molar refractivity (Wildman–Crippen MR) is 25.7 cm³/mol. The van der Waals surface area contributed by atoms with Crippen molar-refractivity contribution in [2.24, 2.45) is 26.6 Å². The van der Waals surface area contributed by atoms with Gasteiger partial charge in [-0.1, -0.05) is 0 Å². The molecular weight excluding hydrogens is 104 g/mol. The van der Waals surface area contributed by atoms with Crippen LogP contribution in [0.4, 0.5) is 0 Å². The number of nitrogens with zero attached hydrogens (tertiary/aromatic N) is 4. The Morgan fingerprint density at radius 3 is 2.25 bits per heavy atom. The first-order chi connectivity index (χ1) is 3.97. The molecule has 2 rings (SSSR count). The van der Waals surface area contributed by atoms with E-state index < -0.39 is 0 Å². The highest BCUT2D eigenvalue weighted by molar-refractivity contribution is 4.98. The molecule has 8 heavy (non-hydrogen) atoms. The summed E-state index contributed by atoms with van der Waals surface area (Å²) in [6, 6.07) is 0. The van der Waals surface area contributed by atoms with Crippen LogP contribution in [0, 0.1) is 12.1 Å². The molecule has 0 spiro atoms. The molecule has 0 aromatic carbocycles. The molecule has 4 nitrogen and oxygen atoms in total. The predicted octanol–water partition coefficient (Wildman–Crippen LogP) is 1.72. The van der Waals surface area contributed by atoms with Crippen LogP contribution in [0.25, 0.3) is 0 Å². The molecule has 41 valence electrons. The average molecular weight is 109 g/mol. The van der Waals surface area contributed by atoms with E-state index >= 15 is 0 Å². The van der Waals surface area contributed by atoms with Gasteiger partial charge in [-0.2, -0.15) is 0 Å². The molecule has 4 heteroatoms. The van der Waals surface area contributed by atoms with Crippen molar-refractivity contribution < 1.29 is 0 Å². The maximum Gasteiger partial charge on any atom is 0.246 e. The van der Waals surface area contributed by atoms with Crippen LogP contribution in [0.2, 0.25) is 0 Å². The largest absolute Gasteiger partial charge is 0.246 e. The molecular formula is C4H5N4. The van der Waals surface area contributed by atoms with Crippen LogP contribution < -0.4 is 0 Å². The van der Waals surface area contributed by atoms with Crippen molar-refractivity contribution in [3.05, 3.63) is 6.17 Å². The van der Waals surface area contributed by atoms with Crippen molar-refractivity contribution in [3.63, 3.8) is 0 Å². The van der Waals surface area contributed by atoms with Crippen LogP contribution in [-0.2, 0) is 0 Å². The van der Waals surface area contributed by atoms with E-state index in [1.807, 2.05) is 0 Å². The van der Waals surface area contributed by atoms with E-state index in [0.29, 0.717) is 5.92 Å². The third-order valence-electron chi connectivity index (χ3n) is 1.28. The third kappa shape index (κ3) is 0.526. The Kier molecular flexibility index (Phi) is 0.688. The standard InChI is InChI=1S/C4H5N4/c1-2-3(1)4-5-7-8-6-4/h3H,1-2H2. The van der Waals surface area contributed by atoms with Crippen LogP contribution in [-0.4, -0.2) is 0 Å². The molecule has 2 aliphatic rings. The first-order valence-electron chi connectivity index (χ1n) is 2.65. The SMILES string of the molecule is C1CC1[C]1N=NN=N1. The Morgan fingerprint density at radius 2 is 1.75 bits per heavy atom. The van der Waals surface area contributed by atoms with Crippen LogP contribution >= 0.6 is 0 Å². The van der Waals surface area contributed by atoms with E-state index in [-0.39, 0.29) is 0 Å². The van der Waals surface area contributed by atoms with Gasteiger partial charge in [-0.25, -0.2) is 0 Å². The highest BCUT2D eigenvalue weighted by Gasteiger charge is 2.34. The van der Waals surface area contributed by atoms with Crippen molar-refractivity contribution in [2.45, 2.75) is 12.8 Å². The van der Waals surface area contributed by atoms with Gasteiger partial charge in [0.05, 0.1) is 0 Å². The quantitative estimate of drug-likeness (QED) is 0.492. The van der Waals surface area contributed by atoms with E-state index in [1.165, 1.54) is 12.8 Å². The summed E-state index contributed by atoms with van der Waals surface area (Å²) in [5.74, 6) is 0.588. The number of hydrogen-bond acceptors (Lipinski definition) is 4.